The first-order valence-electron chi connectivity index (χ1n) is 6.73. The zero-order chi connectivity index (χ0) is 13.3. The molecule has 18 heavy (non-hydrogen) atoms. The predicted octanol–water partition coefficient (Wildman–Crippen LogP) is 3.83. The van der Waals surface area contributed by atoms with Gasteiger partial charge in [-0.1, -0.05) is 33.8 Å². The molecule has 0 spiro atoms. The standard InChI is InChI=1S/C15H23ClN2/c1-11-7-8-18(10-13(11)16)14-6-5-12(9-17-14)15(2,3)4/h5-6,9,11,13H,7-8,10H2,1-4H3. The summed E-state index contributed by atoms with van der Waals surface area (Å²) in [6, 6.07) is 4.31. The van der Waals surface area contributed by atoms with E-state index in [4.69, 9.17) is 11.6 Å². The second kappa shape index (κ2) is 5.08. The molecular formula is C15H23ClN2. The predicted molar refractivity (Wildman–Crippen MR) is 78.6 cm³/mol. The third-order valence-corrected chi connectivity index (χ3v) is 4.37. The van der Waals surface area contributed by atoms with Gasteiger partial charge in [0.2, 0.25) is 0 Å². The molecule has 2 unspecified atom stereocenters. The van der Waals surface area contributed by atoms with E-state index >= 15 is 0 Å². The SMILES string of the molecule is CC1CCN(c2ccc(C(C)(C)C)cn2)CC1Cl. The van der Waals surface area contributed by atoms with Gasteiger partial charge in [-0.3, -0.25) is 0 Å². The monoisotopic (exact) mass is 266 g/mol. The molecule has 0 aromatic carbocycles. The Morgan fingerprint density at radius 1 is 1.33 bits per heavy atom. The van der Waals surface area contributed by atoms with Crippen molar-refractivity contribution in [1.82, 2.24) is 4.98 Å². The third kappa shape index (κ3) is 2.97. The van der Waals surface area contributed by atoms with Crippen molar-refractivity contribution in [3.05, 3.63) is 23.9 Å². The Morgan fingerprint density at radius 2 is 2.06 bits per heavy atom. The summed E-state index contributed by atoms with van der Waals surface area (Å²) in [5.41, 5.74) is 1.44. The summed E-state index contributed by atoms with van der Waals surface area (Å²) in [7, 11) is 0. The van der Waals surface area contributed by atoms with Crippen molar-refractivity contribution in [2.24, 2.45) is 5.92 Å². The molecule has 1 saturated heterocycles. The molecule has 1 aromatic heterocycles. The summed E-state index contributed by atoms with van der Waals surface area (Å²) >= 11 is 6.35. The van der Waals surface area contributed by atoms with E-state index in [1.807, 2.05) is 6.20 Å². The summed E-state index contributed by atoms with van der Waals surface area (Å²) < 4.78 is 0. The molecule has 1 aliphatic heterocycles. The summed E-state index contributed by atoms with van der Waals surface area (Å²) in [6.45, 7) is 10.8. The molecule has 2 atom stereocenters. The van der Waals surface area contributed by atoms with Crippen LogP contribution in [-0.4, -0.2) is 23.5 Å². The highest BCUT2D eigenvalue weighted by Crippen LogP contribution is 2.27. The lowest BCUT2D eigenvalue weighted by molar-refractivity contribution is 0.443. The molecule has 3 heteroatoms. The number of piperidine rings is 1. The molecule has 0 N–H and O–H groups in total. The fourth-order valence-corrected chi connectivity index (χ4v) is 2.54. The largest absolute Gasteiger partial charge is 0.355 e. The first-order chi connectivity index (χ1) is 8.38. The Labute approximate surface area is 115 Å². The highest BCUT2D eigenvalue weighted by molar-refractivity contribution is 6.21. The quantitative estimate of drug-likeness (QED) is 0.718. The maximum Gasteiger partial charge on any atom is 0.128 e. The molecule has 1 aliphatic rings. The molecule has 0 aliphatic carbocycles. The molecule has 2 nitrogen and oxygen atoms in total. The molecule has 0 bridgehead atoms. The van der Waals surface area contributed by atoms with Crippen LogP contribution >= 0.6 is 11.6 Å². The number of alkyl halides is 1. The van der Waals surface area contributed by atoms with Crippen LogP contribution in [0.25, 0.3) is 0 Å². The number of rotatable bonds is 1. The van der Waals surface area contributed by atoms with Gasteiger partial charge in [-0.2, -0.15) is 0 Å². The Hall–Kier alpha value is -0.760. The molecule has 1 fully saturated rings. The average molecular weight is 267 g/mol. The molecule has 2 heterocycles. The van der Waals surface area contributed by atoms with Gasteiger partial charge in [-0.05, 0) is 29.4 Å². The zero-order valence-corrected chi connectivity index (χ0v) is 12.5. The van der Waals surface area contributed by atoms with E-state index in [2.05, 4.69) is 49.7 Å². The van der Waals surface area contributed by atoms with Crippen LogP contribution in [-0.2, 0) is 5.41 Å². The van der Waals surface area contributed by atoms with Gasteiger partial charge in [0.05, 0.1) is 5.38 Å². The van der Waals surface area contributed by atoms with E-state index < -0.39 is 0 Å². The van der Waals surface area contributed by atoms with E-state index in [0.29, 0.717) is 5.92 Å². The van der Waals surface area contributed by atoms with Crippen LogP contribution in [0.5, 0.6) is 0 Å². The van der Waals surface area contributed by atoms with Gasteiger partial charge < -0.3 is 4.90 Å². The van der Waals surface area contributed by atoms with Crippen molar-refractivity contribution in [2.45, 2.75) is 44.9 Å². The van der Waals surface area contributed by atoms with Crippen LogP contribution in [0, 0.1) is 5.92 Å². The van der Waals surface area contributed by atoms with Gasteiger partial charge in [0.15, 0.2) is 0 Å². The maximum absolute atomic E-state index is 6.35. The number of hydrogen-bond donors (Lipinski definition) is 0. The average Bonchev–Trinajstić information content (AvgIpc) is 2.32. The van der Waals surface area contributed by atoms with Crippen LogP contribution < -0.4 is 4.90 Å². The van der Waals surface area contributed by atoms with Crippen molar-refractivity contribution in [3.63, 3.8) is 0 Å². The van der Waals surface area contributed by atoms with Crippen LogP contribution in [0.2, 0.25) is 0 Å². The highest BCUT2D eigenvalue weighted by atomic mass is 35.5. The number of pyridine rings is 1. The smallest absolute Gasteiger partial charge is 0.128 e. The second-order valence-electron chi connectivity index (χ2n) is 6.38. The van der Waals surface area contributed by atoms with Gasteiger partial charge in [0.25, 0.3) is 0 Å². The summed E-state index contributed by atoms with van der Waals surface area (Å²) in [6.07, 6.45) is 3.15. The minimum Gasteiger partial charge on any atom is -0.355 e. The molecule has 100 valence electrons. The Balaban J connectivity index is 2.11. The lowest BCUT2D eigenvalue weighted by Crippen LogP contribution is -2.40. The minimum atomic E-state index is 0.164. The number of hydrogen-bond acceptors (Lipinski definition) is 2. The molecule has 0 amide bonds. The summed E-state index contributed by atoms with van der Waals surface area (Å²) in [4.78, 5) is 6.89. The molecule has 1 aromatic rings. The fourth-order valence-electron chi connectivity index (χ4n) is 2.25. The first kappa shape index (κ1) is 13.7. The van der Waals surface area contributed by atoms with Crippen molar-refractivity contribution >= 4 is 17.4 Å². The zero-order valence-electron chi connectivity index (χ0n) is 11.8. The molecule has 2 rings (SSSR count). The Morgan fingerprint density at radius 3 is 2.56 bits per heavy atom. The van der Waals surface area contributed by atoms with Crippen LogP contribution in [0.4, 0.5) is 5.82 Å². The van der Waals surface area contributed by atoms with E-state index in [0.717, 1.165) is 25.3 Å². The number of nitrogens with zero attached hydrogens (tertiary/aromatic N) is 2. The lowest BCUT2D eigenvalue weighted by Gasteiger charge is -2.35. The van der Waals surface area contributed by atoms with Gasteiger partial charge in [0, 0.05) is 19.3 Å². The lowest BCUT2D eigenvalue weighted by atomic mass is 9.88. The van der Waals surface area contributed by atoms with E-state index in [9.17, 15) is 0 Å². The van der Waals surface area contributed by atoms with E-state index in [1.54, 1.807) is 0 Å². The number of aromatic nitrogens is 1. The maximum atomic E-state index is 6.35. The minimum absolute atomic E-state index is 0.164. The molecule has 0 radical (unpaired) electrons. The third-order valence-electron chi connectivity index (χ3n) is 3.80. The highest BCUT2D eigenvalue weighted by Gasteiger charge is 2.25. The molecule has 0 saturated carbocycles. The van der Waals surface area contributed by atoms with E-state index in [1.165, 1.54) is 5.56 Å². The second-order valence-corrected chi connectivity index (χ2v) is 6.94. The molecular weight excluding hydrogens is 244 g/mol. The van der Waals surface area contributed by atoms with Crippen LogP contribution in [0.3, 0.4) is 0 Å². The topological polar surface area (TPSA) is 16.1 Å². The number of halogens is 1. The fraction of sp³-hybridized carbons (Fsp3) is 0.667. The Kier molecular flexibility index (Phi) is 3.86. The normalized spacial score (nSPS) is 25.3. The number of anilines is 1. The van der Waals surface area contributed by atoms with E-state index in [-0.39, 0.29) is 10.8 Å². The van der Waals surface area contributed by atoms with Gasteiger partial charge in [-0.15, -0.1) is 11.6 Å². The van der Waals surface area contributed by atoms with Gasteiger partial charge in [0.1, 0.15) is 5.82 Å². The van der Waals surface area contributed by atoms with Crippen molar-refractivity contribution in [2.75, 3.05) is 18.0 Å². The summed E-state index contributed by atoms with van der Waals surface area (Å²) in [5, 5.41) is 0.239. The van der Waals surface area contributed by atoms with Crippen LogP contribution in [0.1, 0.15) is 39.7 Å². The van der Waals surface area contributed by atoms with Crippen molar-refractivity contribution in [3.8, 4) is 0 Å². The van der Waals surface area contributed by atoms with Crippen molar-refractivity contribution < 1.29 is 0 Å². The first-order valence-corrected chi connectivity index (χ1v) is 7.17. The van der Waals surface area contributed by atoms with Gasteiger partial charge >= 0.3 is 0 Å². The van der Waals surface area contributed by atoms with Gasteiger partial charge in [-0.25, -0.2) is 4.98 Å². The summed E-state index contributed by atoms with van der Waals surface area (Å²) in [5.74, 6) is 1.66. The van der Waals surface area contributed by atoms with Crippen molar-refractivity contribution in [1.29, 1.82) is 0 Å². The Bertz CT molecular complexity index is 394. The van der Waals surface area contributed by atoms with Crippen LogP contribution in [0.15, 0.2) is 18.3 Å².